The number of likely N-dealkylation sites (N-methyl/N-ethyl adjacent to an activating group) is 1. The highest BCUT2D eigenvalue weighted by Crippen LogP contribution is 2.28. The molecule has 2 rings (SSSR count). The van der Waals surface area contributed by atoms with Crippen molar-refractivity contribution in [2.45, 2.75) is 38.4 Å². The Morgan fingerprint density at radius 1 is 1.56 bits per heavy atom. The van der Waals surface area contributed by atoms with Crippen molar-refractivity contribution in [3.63, 3.8) is 0 Å². The van der Waals surface area contributed by atoms with Gasteiger partial charge in [-0.25, -0.2) is 0 Å². The van der Waals surface area contributed by atoms with Crippen LogP contribution in [0.3, 0.4) is 0 Å². The fourth-order valence-electron chi connectivity index (χ4n) is 2.96. The van der Waals surface area contributed by atoms with Crippen LogP contribution in [-0.4, -0.2) is 41.5 Å². The summed E-state index contributed by atoms with van der Waals surface area (Å²) in [4.78, 5) is 4.70. The van der Waals surface area contributed by atoms with Crippen molar-refractivity contribution < 1.29 is 4.42 Å². The molecule has 0 saturated carbocycles. The van der Waals surface area contributed by atoms with Crippen LogP contribution in [0.5, 0.6) is 0 Å². The maximum absolute atomic E-state index is 9.00. The van der Waals surface area contributed by atoms with E-state index in [1.807, 2.05) is 12.1 Å². The van der Waals surface area contributed by atoms with Crippen LogP contribution in [0.2, 0.25) is 0 Å². The van der Waals surface area contributed by atoms with Gasteiger partial charge in [-0.05, 0) is 33.0 Å². The second kappa shape index (κ2) is 5.13. The van der Waals surface area contributed by atoms with E-state index in [0.717, 1.165) is 25.4 Å². The molecule has 1 aromatic rings. The van der Waals surface area contributed by atoms with Crippen molar-refractivity contribution in [1.29, 1.82) is 5.26 Å². The number of hydrogen-bond acceptors (Lipinski definition) is 4. The second-order valence-electron chi connectivity index (χ2n) is 5.73. The Hall–Kier alpha value is -1.31. The van der Waals surface area contributed by atoms with Crippen LogP contribution in [-0.2, 0) is 6.54 Å². The average Bonchev–Trinajstić information content (AvgIpc) is 2.75. The van der Waals surface area contributed by atoms with Crippen LogP contribution >= 0.6 is 0 Å². The first-order chi connectivity index (χ1) is 8.53. The Morgan fingerprint density at radius 3 is 2.94 bits per heavy atom. The molecule has 1 atom stereocenters. The molecule has 1 fully saturated rings. The first-order valence-corrected chi connectivity index (χ1v) is 6.37. The highest BCUT2D eigenvalue weighted by Gasteiger charge is 2.38. The number of nitriles is 1. The van der Waals surface area contributed by atoms with E-state index in [9.17, 15) is 0 Å². The predicted molar refractivity (Wildman–Crippen MR) is 69.8 cm³/mol. The molecule has 98 valence electrons. The third kappa shape index (κ3) is 2.74. The molecule has 1 aliphatic heterocycles. The Kier molecular flexibility index (Phi) is 3.74. The summed E-state index contributed by atoms with van der Waals surface area (Å²) in [6.07, 6.45) is 2.27. The van der Waals surface area contributed by atoms with E-state index < -0.39 is 0 Å². The zero-order valence-electron chi connectivity index (χ0n) is 11.4. The standard InChI is InChI=1S/C14H21N3O/c1-14(2)11-16(3)9-12(6-7-15)17(14)10-13-5-4-8-18-13/h4-5,8,12H,6,9-11H2,1-3H3. The summed E-state index contributed by atoms with van der Waals surface area (Å²) >= 11 is 0. The van der Waals surface area contributed by atoms with Crippen LogP contribution in [0.15, 0.2) is 22.8 Å². The molecular formula is C14H21N3O. The third-order valence-corrected chi connectivity index (χ3v) is 3.63. The number of furan rings is 1. The van der Waals surface area contributed by atoms with Crippen LogP contribution in [0.1, 0.15) is 26.0 Å². The molecule has 4 heteroatoms. The molecule has 1 unspecified atom stereocenters. The molecule has 18 heavy (non-hydrogen) atoms. The van der Waals surface area contributed by atoms with Gasteiger partial charge in [-0.2, -0.15) is 5.26 Å². The Balaban J connectivity index is 2.18. The van der Waals surface area contributed by atoms with E-state index in [-0.39, 0.29) is 11.6 Å². The lowest BCUT2D eigenvalue weighted by Crippen LogP contribution is -2.62. The summed E-state index contributed by atoms with van der Waals surface area (Å²) < 4.78 is 5.44. The van der Waals surface area contributed by atoms with Gasteiger partial charge < -0.3 is 9.32 Å². The minimum Gasteiger partial charge on any atom is -0.468 e. The van der Waals surface area contributed by atoms with Crippen molar-refractivity contribution in [3.05, 3.63) is 24.2 Å². The van der Waals surface area contributed by atoms with E-state index >= 15 is 0 Å². The summed E-state index contributed by atoms with van der Waals surface area (Å²) in [6, 6.07) is 6.49. The fraction of sp³-hybridized carbons (Fsp3) is 0.643. The topological polar surface area (TPSA) is 43.4 Å². The van der Waals surface area contributed by atoms with Crippen molar-refractivity contribution >= 4 is 0 Å². The third-order valence-electron chi connectivity index (χ3n) is 3.63. The minimum absolute atomic E-state index is 0.0569. The highest BCUT2D eigenvalue weighted by atomic mass is 16.3. The average molecular weight is 247 g/mol. The quantitative estimate of drug-likeness (QED) is 0.820. The lowest BCUT2D eigenvalue weighted by molar-refractivity contribution is -0.0244. The van der Waals surface area contributed by atoms with E-state index in [1.54, 1.807) is 6.26 Å². The van der Waals surface area contributed by atoms with Gasteiger partial charge in [0, 0.05) is 24.7 Å². The maximum Gasteiger partial charge on any atom is 0.117 e. The van der Waals surface area contributed by atoms with Gasteiger partial charge in [0.05, 0.1) is 25.3 Å². The maximum atomic E-state index is 9.00. The van der Waals surface area contributed by atoms with E-state index in [4.69, 9.17) is 9.68 Å². The van der Waals surface area contributed by atoms with Gasteiger partial charge >= 0.3 is 0 Å². The molecule has 0 radical (unpaired) electrons. The second-order valence-corrected chi connectivity index (χ2v) is 5.73. The summed E-state index contributed by atoms with van der Waals surface area (Å²) in [6.45, 7) is 7.19. The Labute approximate surface area is 109 Å². The van der Waals surface area contributed by atoms with E-state index in [2.05, 4.69) is 36.8 Å². The van der Waals surface area contributed by atoms with Gasteiger partial charge in [0.15, 0.2) is 0 Å². The summed E-state index contributed by atoms with van der Waals surface area (Å²) in [7, 11) is 2.12. The van der Waals surface area contributed by atoms with Gasteiger partial charge in [0.2, 0.25) is 0 Å². The molecule has 0 aromatic carbocycles. The van der Waals surface area contributed by atoms with E-state index in [1.165, 1.54) is 0 Å². The van der Waals surface area contributed by atoms with Crippen molar-refractivity contribution in [3.8, 4) is 6.07 Å². The molecular weight excluding hydrogens is 226 g/mol. The number of nitrogens with zero attached hydrogens (tertiary/aromatic N) is 3. The number of hydrogen-bond donors (Lipinski definition) is 0. The predicted octanol–water partition coefficient (Wildman–Crippen LogP) is 2.09. The Morgan fingerprint density at radius 2 is 2.33 bits per heavy atom. The molecule has 0 bridgehead atoms. The molecule has 1 saturated heterocycles. The molecule has 2 heterocycles. The summed E-state index contributed by atoms with van der Waals surface area (Å²) in [5.74, 6) is 0.968. The number of piperazine rings is 1. The van der Waals surface area contributed by atoms with Crippen molar-refractivity contribution in [2.24, 2.45) is 0 Å². The molecule has 4 nitrogen and oxygen atoms in total. The lowest BCUT2D eigenvalue weighted by atomic mass is 9.93. The largest absolute Gasteiger partial charge is 0.468 e. The van der Waals surface area contributed by atoms with Crippen molar-refractivity contribution in [2.75, 3.05) is 20.1 Å². The fourth-order valence-corrected chi connectivity index (χ4v) is 2.96. The minimum atomic E-state index is 0.0569. The van der Waals surface area contributed by atoms with Gasteiger partial charge in [0.25, 0.3) is 0 Å². The SMILES string of the molecule is CN1CC(CC#N)N(Cc2ccco2)C(C)(C)C1. The Bertz CT molecular complexity index is 419. The van der Waals surface area contributed by atoms with Crippen LogP contribution < -0.4 is 0 Å². The first-order valence-electron chi connectivity index (χ1n) is 6.37. The van der Waals surface area contributed by atoms with Gasteiger partial charge in [-0.3, -0.25) is 4.90 Å². The van der Waals surface area contributed by atoms with E-state index in [0.29, 0.717) is 6.42 Å². The normalized spacial score (nSPS) is 24.9. The zero-order valence-corrected chi connectivity index (χ0v) is 11.4. The van der Waals surface area contributed by atoms with Gasteiger partial charge in [-0.1, -0.05) is 0 Å². The molecule has 0 amide bonds. The van der Waals surface area contributed by atoms with Crippen LogP contribution in [0.4, 0.5) is 0 Å². The monoisotopic (exact) mass is 247 g/mol. The smallest absolute Gasteiger partial charge is 0.117 e. The van der Waals surface area contributed by atoms with Gasteiger partial charge in [-0.15, -0.1) is 0 Å². The number of rotatable bonds is 3. The van der Waals surface area contributed by atoms with Crippen LogP contribution in [0, 0.1) is 11.3 Å². The van der Waals surface area contributed by atoms with Gasteiger partial charge in [0.1, 0.15) is 5.76 Å². The molecule has 1 aromatic heterocycles. The summed E-state index contributed by atoms with van der Waals surface area (Å²) in [5, 5.41) is 9.00. The molecule has 0 spiro atoms. The lowest BCUT2D eigenvalue weighted by Gasteiger charge is -2.50. The first kappa shape index (κ1) is 13.1. The zero-order chi connectivity index (χ0) is 13.2. The molecule has 0 N–H and O–H groups in total. The molecule has 1 aliphatic rings. The summed E-state index contributed by atoms with van der Waals surface area (Å²) in [5.41, 5.74) is 0.0569. The highest BCUT2D eigenvalue weighted by molar-refractivity contribution is 5.04. The van der Waals surface area contributed by atoms with Crippen LogP contribution in [0.25, 0.3) is 0 Å². The van der Waals surface area contributed by atoms with Crippen molar-refractivity contribution in [1.82, 2.24) is 9.80 Å². The molecule has 0 aliphatic carbocycles.